The fourth-order valence-corrected chi connectivity index (χ4v) is 1.98. The molecular formula is C18H31NO2. The van der Waals surface area contributed by atoms with Crippen molar-refractivity contribution in [3.05, 3.63) is 23.8 Å². The molecule has 21 heavy (non-hydrogen) atoms. The summed E-state index contributed by atoms with van der Waals surface area (Å²) in [5, 5.41) is 3.50. The molecule has 0 bridgehead atoms. The predicted molar refractivity (Wildman–Crippen MR) is 89.2 cm³/mol. The molecule has 1 N–H and O–H groups in total. The molecule has 0 saturated carbocycles. The van der Waals surface area contributed by atoms with E-state index in [4.69, 9.17) is 9.47 Å². The summed E-state index contributed by atoms with van der Waals surface area (Å²) in [6, 6.07) is 6.05. The summed E-state index contributed by atoms with van der Waals surface area (Å²) in [6.45, 7) is 12.5. The van der Waals surface area contributed by atoms with Crippen LogP contribution in [0.25, 0.3) is 0 Å². The van der Waals surface area contributed by atoms with Crippen LogP contribution in [0.5, 0.6) is 11.5 Å². The van der Waals surface area contributed by atoms with Crippen LogP contribution in [0.1, 0.15) is 53.0 Å². The minimum atomic E-state index is 0.0921. The summed E-state index contributed by atoms with van der Waals surface area (Å²) in [4.78, 5) is 0. The standard InChI is InChI=1S/C18H31NO2/c1-14(2)8-7-11-21-17-12-16(20-6)10-9-15(17)13-19-18(3,4)5/h9-10,12,14,19H,7-8,11,13H2,1-6H3. The van der Waals surface area contributed by atoms with Gasteiger partial charge in [-0.25, -0.2) is 0 Å². The third-order valence-electron chi connectivity index (χ3n) is 3.27. The Bertz CT molecular complexity index is 422. The van der Waals surface area contributed by atoms with E-state index in [1.807, 2.05) is 12.1 Å². The lowest BCUT2D eigenvalue weighted by Crippen LogP contribution is -2.35. The first kappa shape index (κ1) is 17.8. The Balaban J connectivity index is 2.68. The zero-order valence-corrected chi connectivity index (χ0v) is 14.5. The fourth-order valence-electron chi connectivity index (χ4n) is 1.98. The van der Waals surface area contributed by atoms with Crippen LogP contribution in [0.15, 0.2) is 18.2 Å². The maximum absolute atomic E-state index is 5.98. The second kappa shape index (κ2) is 8.28. The summed E-state index contributed by atoms with van der Waals surface area (Å²) >= 11 is 0. The first-order chi connectivity index (χ1) is 9.81. The Morgan fingerprint density at radius 1 is 1.19 bits per heavy atom. The lowest BCUT2D eigenvalue weighted by atomic mass is 10.1. The smallest absolute Gasteiger partial charge is 0.127 e. The van der Waals surface area contributed by atoms with Crippen molar-refractivity contribution >= 4 is 0 Å². The summed E-state index contributed by atoms with van der Waals surface area (Å²) in [7, 11) is 1.69. The normalized spacial score (nSPS) is 11.8. The van der Waals surface area contributed by atoms with Gasteiger partial charge in [0.1, 0.15) is 11.5 Å². The SMILES string of the molecule is COc1ccc(CNC(C)(C)C)c(OCCCC(C)C)c1. The van der Waals surface area contributed by atoms with Gasteiger partial charge in [0, 0.05) is 23.7 Å². The second-order valence-corrected chi connectivity index (χ2v) is 6.96. The Morgan fingerprint density at radius 3 is 2.48 bits per heavy atom. The van der Waals surface area contributed by atoms with Crippen molar-refractivity contribution < 1.29 is 9.47 Å². The molecule has 0 unspecified atom stereocenters. The van der Waals surface area contributed by atoms with Gasteiger partial charge < -0.3 is 14.8 Å². The quantitative estimate of drug-likeness (QED) is 0.721. The third-order valence-corrected chi connectivity index (χ3v) is 3.27. The molecule has 0 heterocycles. The van der Waals surface area contributed by atoms with Crippen molar-refractivity contribution in [2.75, 3.05) is 13.7 Å². The van der Waals surface area contributed by atoms with Crippen molar-refractivity contribution in [1.29, 1.82) is 0 Å². The lowest BCUT2D eigenvalue weighted by molar-refractivity contribution is 0.290. The van der Waals surface area contributed by atoms with Crippen molar-refractivity contribution in [1.82, 2.24) is 5.32 Å². The van der Waals surface area contributed by atoms with Crippen molar-refractivity contribution in [3.8, 4) is 11.5 Å². The zero-order valence-electron chi connectivity index (χ0n) is 14.5. The monoisotopic (exact) mass is 293 g/mol. The second-order valence-electron chi connectivity index (χ2n) is 6.96. The van der Waals surface area contributed by atoms with Gasteiger partial charge in [-0.2, -0.15) is 0 Å². The molecule has 0 saturated heterocycles. The number of hydrogen-bond donors (Lipinski definition) is 1. The van der Waals surface area contributed by atoms with Crippen LogP contribution in [0.2, 0.25) is 0 Å². The number of methoxy groups -OCH3 is 1. The third kappa shape index (κ3) is 7.37. The lowest BCUT2D eigenvalue weighted by Gasteiger charge is -2.22. The minimum Gasteiger partial charge on any atom is -0.497 e. The van der Waals surface area contributed by atoms with E-state index in [1.54, 1.807) is 7.11 Å². The van der Waals surface area contributed by atoms with Crippen molar-refractivity contribution in [3.63, 3.8) is 0 Å². The Kier molecular flexibility index (Phi) is 7.03. The first-order valence-corrected chi connectivity index (χ1v) is 7.86. The molecule has 0 fully saturated rings. The summed E-state index contributed by atoms with van der Waals surface area (Å²) < 4.78 is 11.3. The van der Waals surface area contributed by atoms with Crippen LogP contribution in [0, 0.1) is 5.92 Å². The van der Waals surface area contributed by atoms with Gasteiger partial charge in [0.05, 0.1) is 13.7 Å². The predicted octanol–water partition coefficient (Wildman–Crippen LogP) is 4.40. The highest BCUT2D eigenvalue weighted by Crippen LogP contribution is 2.25. The molecule has 0 aliphatic heterocycles. The van der Waals surface area contributed by atoms with E-state index in [1.165, 1.54) is 12.0 Å². The first-order valence-electron chi connectivity index (χ1n) is 7.86. The van der Waals surface area contributed by atoms with Gasteiger partial charge in [-0.1, -0.05) is 19.9 Å². The zero-order chi connectivity index (χ0) is 15.9. The van der Waals surface area contributed by atoms with E-state index in [-0.39, 0.29) is 5.54 Å². The Morgan fingerprint density at radius 2 is 1.90 bits per heavy atom. The molecule has 1 rings (SSSR count). The van der Waals surface area contributed by atoms with Crippen LogP contribution >= 0.6 is 0 Å². The topological polar surface area (TPSA) is 30.5 Å². The number of hydrogen-bond acceptors (Lipinski definition) is 3. The largest absolute Gasteiger partial charge is 0.497 e. The minimum absolute atomic E-state index is 0.0921. The van der Waals surface area contributed by atoms with Gasteiger partial charge >= 0.3 is 0 Å². The van der Waals surface area contributed by atoms with Crippen LogP contribution in [0.4, 0.5) is 0 Å². The van der Waals surface area contributed by atoms with Gasteiger partial charge in [-0.05, 0) is 45.6 Å². The van der Waals surface area contributed by atoms with Gasteiger partial charge in [0.15, 0.2) is 0 Å². The highest BCUT2D eigenvalue weighted by Gasteiger charge is 2.12. The highest BCUT2D eigenvalue weighted by atomic mass is 16.5. The average molecular weight is 293 g/mol. The summed E-state index contributed by atoms with van der Waals surface area (Å²) in [5.41, 5.74) is 1.27. The molecule has 1 aromatic rings. The molecule has 0 radical (unpaired) electrons. The van der Waals surface area contributed by atoms with Gasteiger partial charge in [-0.3, -0.25) is 0 Å². The molecule has 0 aliphatic rings. The van der Waals surface area contributed by atoms with Gasteiger partial charge in [0.2, 0.25) is 0 Å². The Labute approximate surface area is 130 Å². The number of benzene rings is 1. The van der Waals surface area contributed by atoms with Crippen molar-refractivity contribution in [2.45, 2.75) is 59.5 Å². The van der Waals surface area contributed by atoms with Crippen LogP contribution in [0.3, 0.4) is 0 Å². The fraction of sp³-hybridized carbons (Fsp3) is 0.667. The average Bonchev–Trinajstić information content (AvgIpc) is 2.40. The van der Waals surface area contributed by atoms with E-state index in [9.17, 15) is 0 Å². The van der Waals surface area contributed by atoms with Crippen LogP contribution in [-0.4, -0.2) is 19.3 Å². The van der Waals surface area contributed by atoms with E-state index in [2.05, 4.69) is 46.0 Å². The molecule has 3 nitrogen and oxygen atoms in total. The van der Waals surface area contributed by atoms with E-state index in [0.29, 0.717) is 0 Å². The molecule has 1 aromatic carbocycles. The summed E-state index contributed by atoms with van der Waals surface area (Å²) in [6.07, 6.45) is 2.28. The van der Waals surface area contributed by atoms with E-state index >= 15 is 0 Å². The highest BCUT2D eigenvalue weighted by molar-refractivity contribution is 5.40. The molecule has 0 amide bonds. The van der Waals surface area contributed by atoms with Gasteiger partial charge in [-0.15, -0.1) is 0 Å². The maximum atomic E-state index is 5.98. The maximum Gasteiger partial charge on any atom is 0.127 e. The number of nitrogens with one attached hydrogen (secondary N) is 1. The Hall–Kier alpha value is -1.22. The number of rotatable bonds is 8. The van der Waals surface area contributed by atoms with Crippen LogP contribution in [-0.2, 0) is 6.54 Å². The molecular weight excluding hydrogens is 262 g/mol. The molecule has 120 valence electrons. The molecule has 3 heteroatoms. The van der Waals surface area contributed by atoms with Crippen molar-refractivity contribution in [2.24, 2.45) is 5.92 Å². The number of ether oxygens (including phenoxy) is 2. The van der Waals surface area contributed by atoms with Crippen LogP contribution < -0.4 is 14.8 Å². The van der Waals surface area contributed by atoms with E-state index in [0.717, 1.165) is 37.0 Å². The van der Waals surface area contributed by atoms with E-state index < -0.39 is 0 Å². The molecule has 0 spiro atoms. The van der Waals surface area contributed by atoms with Gasteiger partial charge in [0.25, 0.3) is 0 Å². The molecule has 0 aromatic heterocycles. The molecule has 0 aliphatic carbocycles. The molecule has 0 atom stereocenters. The summed E-state index contributed by atoms with van der Waals surface area (Å²) in [5.74, 6) is 2.49.